The molecule has 2 nitrogen and oxygen atoms in total. The SMILES string of the molecule is C=C/C=C(/C1=CC=C(N(C2=C/N(c3ccccc3)/C(C=C)=C(/C=C\C)C(=C)/C=C\2)c2ccccc2)CC1)c1sc2ccccc2c1C. The molecule has 1 aliphatic heterocycles. The van der Waals surface area contributed by atoms with Gasteiger partial charge in [0.1, 0.15) is 0 Å². The molecule has 0 saturated carbocycles. The van der Waals surface area contributed by atoms with Gasteiger partial charge in [-0.15, -0.1) is 11.3 Å². The van der Waals surface area contributed by atoms with E-state index < -0.39 is 0 Å². The molecule has 2 heterocycles. The van der Waals surface area contributed by atoms with Crippen molar-refractivity contribution in [3.05, 3.63) is 210 Å². The highest BCUT2D eigenvalue weighted by Crippen LogP contribution is 2.42. The largest absolute Gasteiger partial charge is 0.314 e. The minimum atomic E-state index is 0.880. The lowest BCUT2D eigenvalue weighted by atomic mass is 9.92. The maximum Gasteiger partial charge on any atom is 0.0624 e. The first-order chi connectivity index (χ1) is 23.0. The highest BCUT2D eigenvalue weighted by atomic mass is 32.1. The second-order valence-corrected chi connectivity index (χ2v) is 12.6. The van der Waals surface area contributed by atoms with Crippen LogP contribution in [0.5, 0.6) is 0 Å². The molecule has 2 aliphatic rings. The van der Waals surface area contributed by atoms with E-state index in [1.54, 1.807) is 0 Å². The maximum absolute atomic E-state index is 4.47. The number of rotatable bonds is 9. The van der Waals surface area contributed by atoms with Crippen molar-refractivity contribution in [2.75, 3.05) is 9.80 Å². The smallest absolute Gasteiger partial charge is 0.0624 e. The molecule has 0 radical (unpaired) electrons. The fourth-order valence-corrected chi connectivity index (χ4v) is 7.56. The molecular formula is C44H40N2S. The van der Waals surface area contributed by atoms with Crippen molar-refractivity contribution < 1.29 is 0 Å². The molecule has 0 fully saturated rings. The van der Waals surface area contributed by atoms with Crippen LogP contribution >= 0.6 is 11.3 Å². The molecule has 1 aliphatic carbocycles. The third-order valence-corrected chi connectivity index (χ3v) is 9.87. The lowest BCUT2D eigenvalue weighted by molar-refractivity contribution is 0.878. The predicted molar refractivity (Wildman–Crippen MR) is 206 cm³/mol. The normalized spacial score (nSPS) is 19.0. The fraction of sp³-hybridized carbons (Fsp3) is 0.0909. The lowest BCUT2D eigenvalue weighted by Crippen LogP contribution is -2.26. The first kappa shape index (κ1) is 31.6. The molecule has 0 spiro atoms. The van der Waals surface area contributed by atoms with Crippen molar-refractivity contribution in [1.29, 1.82) is 0 Å². The first-order valence-electron chi connectivity index (χ1n) is 16.0. The van der Waals surface area contributed by atoms with E-state index >= 15 is 0 Å². The summed E-state index contributed by atoms with van der Waals surface area (Å²) in [7, 11) is 0. The molecule has 6 rings (SSSR count). The number of hydrogen-bond acceptors (Lipinski definition) is 3. The molecule has 3 heteroatoms. The Bertz CT molecular complexity index is 2040. The summed E-state index contributed by atoms with van der Waals surface area (Å²) in [5, 5.41) is 1.32. The number of nitrogens with zero attached hydrogens (tertiary/aromatic N) is 2. The Balaban J connectivity index is 1.49. The second kappa shape index (κ2) is 14.4. The number of fused-ring (bicyclic) bond motifs is 1. The highest BCUT2D eigenvalue weighted by Gasteiger charge is 2.24. The average Bonchev–Trinajstić information content (AvgIpc) is 3.44. The minimum absolute atomic E-state index is 0.880. The summed E-state index contributed by atoms with van der Waals surface area (Å²) >= 11 is 1.86. The van der Waals surface area contributed by atoms with Gasteiger partial charge in [-0.05, 0) is 103 Å². The number of allylic oxidation sites excluding steroid dienone is 14. The van der Waals surface area contributed by atoms with Crippen molar-refractivity contribution in [3.8, 4) is 0 Å². The van der Waals surface area contributed by atoms with E-state index in [9.17, 15) is 0 Å². The van der Waals surface area contributed by atoms with E-state index in [2.05, 4.69) is 164 Å². The Morgan fingerprint density at radius 3 is 2.26 bits per heavy atom. The molecular weight excluding hydrogens is 589 g/mol. The molecule has 1 aromatic heterocycles. The van der Waals surface area contributed by atoms with Crippen molar-refractivity contribution in [2.24, 2.45) is 0 Å². The summed E-state index contributed by atoms with van der Waals surface area (Å²) in [5.74, 6) is 0. The van der Waals surface area contributed by atoms with Crippen LogP contribution in [0.1, 0.15) is 30.2 Å². The Morgan fingerprint density at radius 1 is 0.872 bits per heavy atom. The highest BCUT2D eigenvalue weighted by molar-refractivity contribution is 7.20. The number of benzene rings is 3. The third-order valence-electron chi connectivity index (χ3n) is 8.57. The number of hydrogen-bond donors (Lipinski definition) is 0. The summed E-state index contributed by atoms with van der Waals surface area (Å²) in [5.41, 5.74) is 11.3. The van der Waals surface area contributed by atoms with Gasteiger partial charge in [0.2, 0.25) is 0 Å². The van der Waals surface area contributed by atoms with Gasteiger partial charge in [-0.25, -0.2) is 0 Å². The first-order valence-corrected chi connectivity index (χ1v) is 16.8. The van der Waals surface area contributed by atoms with Gasteiger partial charge >= 0.3 is 0 Å². The van der Waals surface area contributed by atoms with Gasteiger partial charge < -0.3 is 9.80 Å². The summed E-state index contributed by atoms with van der Waals surface area (Å²) in [4.78, 5) is 5.91. The van der Waals surface area contributed by atoms with Crippen LogP contribution in [0.3, 0.4) is 0 Å². The van der Waals surface area contributed by atoms with Gasteiger partial charge in [-0.2, -0.15) is 0 Å². The van der Waals surface area contributed by atoms with E-state index in [4.69, 9.17) is 0 Å². The molecule has 0 bridgehead atoms. The van der Waals surface area contributed by atoms with Gasteiger partial charge in [0, 0.05) is 38.4 Å². The summed E-state index contributed by atoms with van der Waals surface area (Å²) in [6.45, 7) is 17.0. The quantitative estimate of drug-likeness (QED) is 0.170. The molecule has 47 heavy (non-hydrogen) atoms. The molecule has 0 amide bonds. The topological polar surface area (TPSA) is 6.48 Å². The van der Waals surface area contributed by atoms with E-state index in [1.807, 2.05) is 36.5 Å². The summed E-state index contributed by atoms with van der Waals surface area (Å²) in [6, 6.07) is 29.7. The van der Waals surface area contributed by atoms with Crippen molar-refractivity contribution in [1.82, 2.24) is 0 Å². The Labute approximate surface area is 283 Å². The number of thiophene rings is 1. The zero-order valence-corrected chi connectivity index (χ0v) is 28.0. The predicted octanol–water partition coefficient (Wildman–Crippen LogP) is 12.4. The molecule has 3 aromatic carbocycles. The van der Waals surface area contributed by atoms with Crippen molar-refractivity contribution in [2.45, 2.75) is 26.7 Å². The standard InChI is InChI=1S/C44H40N2S/c1-6-17-39-32(4)25-28-38(31-45(42(39)8-3)35-19-11-9-12-20-35)46(36-21-13-10-14-22-36)37-29-26-34(27-30-37)41(18-7-2)44-33(5)40-23-15-16-24-43(40)47-44/h6-26,28-29,31H,2-4,27,30H2,1,5H3/b17-6-,28-25-,38-31+,41-18-,42-39-. The van der Waals surface area contributed by atoms with Gasteiger partial charge in [0.05, 0.1) is 11.4 Å². The third kappa shape index (κ3) is 6.49. The van der Waals surface area contributed by atoms with Gasteiger partial charge in [-0.3, -0.25) is 0 Å². The minimum Gasteiger partial charge on any atom is -0.314 e. The van der Waals surface area contributed by atoms with E-state index in [-0.39, 0.29) is 0 Å². The zero-order chi connectivity index (χ0) is 32.8. The summed E-state index contributed by atoms with van der Waals surface area (Å²) in [6.07, 6.45) is 23.1. The fourth-order valence-electron chi connectivity index (χ4n) is 6.29. The van der Waals surface area contributed by atoms with Crippen LogP contribution in [-0.4, -0.2) is 0 Å². The van der Waals surface area contributed by atoms with Crippen LogP contribution in [0.2, 0.25) is 0 Å². The molecule has 4 aromatic rings. The van der Waals surface area contributed by atoms with Crippen LogP contribution in [0.15, 0.2) is 199 Å². The maximum atomic E-state index is 4.47. The van der Waals surface area contributed by atoms with Gasteiger partial charge in [-0.1, -0.05) is 111 Å². The number of anilines is 2. The number of aryl methyl sites for hydroxylation is 1. The lowest BCUT2D eigenvalue weighted by Gasteiger charge is -2.34. The van der Waals surface area contributed by atoms with E-state index in [1.165, 1.54) is 37.4 Å². The van der Waals surface area contributed by atoms with Crippen LogP contribution in [0, 0.1) is 6.92 Å². The molecule has 0 atom stereocenters. The molecule has 0 unspecified atom stereocenters. The van der Waals surface area contributed by atoms with Crippen LogP contribution in [0.4, 0.5) is 11.4 Å². The Kier molecular flexibility index (Phi) is 9.66. The van der Waals surface area contributed by atoms with Crippen LogP contribution in [-0.2, 0) is 0 Å². The Hall–Kier alpha value is -5.38. The monoisotopic (exact) mass is 628 g/mol. The summed E-state index contributed by atoms with van der Waals surface area (Å²) < 4.78 is 1.32. The van der Waals surface area contributed by atoms with Crippen LogP contribution in [0.25, 0.3) is 15.7 Å². The Morgan fingerprint density at radius 2 is 1.60 bits per heavy atom. The van der Waals surface area contributed by atoms with E-state index in [0.717, 1.165) is 46.8 Å². The molecule has 232 valence electrons. The van der Waals surface area contributed by atoms with Gasteiger partial charge in [0.15, 0.2) is 0 Å². The van der Waals surface area contributed by atoms with Crippen LogP contribution < -0.4 is 9.80 Å². The van der Waals surface area contributed by atoms with Crippen molar-refractivity contribution in [3.63, 3.8) is 0 Å². The molecule has 0 N–H and O–H groups in total. The number of para-hydroxylation sites is 2. The van der Waals surface area contributed by atoms with Crippen molar-refractivity contribution >= 4 is 38.4 Å². The zero-order valence-electron chi connectivity index (χ0n) is 27.2. The van der Waals surface area contributed by atoms with Gasteiger partial charge in [0.25, 0.3) is 0 Å². The van der Waals surface area contributed by atoms with E-state index in [0.29, 0.717) is 0 Å². The second-order valence-electron chi connectivity index (χ2n) is 11.5. The average molecular weight is 629 g/mol. The molecule has 0 saturated heterocycles.